The number of anilines is 1. The predicted molar refractivity (Wildman–Crippen MR) is 42.1 cm³/mol. The Morgan fingerprint density at radius 1 is 1.38 bits per heavy atom. The summed E-state index contributed by atoms with van der Waals surface area (Å²) >= 11 is 0. The molecule has 2 N–H and O–H groups in total. The summed E-state index contributed by atoms with van der Waals surface area (Å²) in [6, 6.07) is 1.69. The van der Waals surface area contributed by atoms with E-state index in [1.807, 2.05) is 0 Å². The van der Waals surface area contributed by atoms with Crippen molar-refractivity contribution < 1.29 is 18.3 Å². The molecule has 5 heteroatoms. The van der Waals surface area contributed by atoms with Crippen LogP contribution in [-0.2, 0) is 4.79 Å². The van der Waals surface area contributed by atoms with E-state index in [1.54, 1.807) is 0 Å². The third-order valence-corrected chi connectivity index (χ3v) is 1.31. The second kappa shape index (κ2) is 3.38. The zero-order valence-electron chi connectivity index (χ0n) is 6.80. The van der Waals surface area contributed by atoms with Crippen molar-refractivity contribution in [3.8, 4) is 5.75 Å². The van der Waals surface area contributed by atoms with Crippen molar-refractivity contribution >= 4 is 11.7 Å². The van der Waals surface area contributed by atoms with E-state index in [4.69, 9.17) is 5.73 Å². The molecule has 0 aliphatic heterocycles. The van der Waals surface area contributed by atoms with Crippen LogP contribution in [0.5, 0.6) is 5.75 Å². The van der Waals surface area contributed by atoms with E-state index in [0.29, 0.717) is 0 Å². The second-order valence-electron chi connectivity index (χ2n) is 2.39. The summed E-state index contributed by atoms with van der Waals surface area (Å²) in [4.78, 5) is 10.4. The van der Waals surface area contributed by atoms with Crippen molar-refractivity contribution in [3.63, 3.8) is 0 Å². The largest absolute Gasteiger partial charge is 0.427 e. The molecule has 0 unspecified atom stereocenters. The minimum atomic E-state index is -0.948. The SMILES string of the molecule is CC(=O)Oc1cc(F)c(N)c(F)c1. The molecule has 0 spiro atoms. The first-order valence-corrected chi connectivity index (χ1v) is 3.43. The molecule has 0 atom stereocenters. The molecule has 1 rings (SSSR count). The minimum absolute atomic E-state index is 0.197. The highest BCUT2D eigenvalue weighted by molar-refractivity contribution is 5.69. The maximum absolute atomic E-state index is 12.7. The van der Waals surface area contributed by atoms with Gasteiger partial charge in [-0.2, -0.15) is 0 Å². The van der Waals surface area contributed by atoms with Gasteiger partial charge in [0.05, 0.1) is 0 Å². The van der Waals surface area contributed by atoms with Crippen LogP contribution >= 0.6 is 0 Å². The van der Waals surface area contributed by atoms with E-state index in [1.165, 1.54) is 0 Å². The van der Waals surface area contributed by atoms with Crippen LogP contribution in [0.2, 0.25) is 0 Å². The number of halogens is 2. The van der Waals surface area contributed by atoms with Crippen LogP contribution in [0, 0.1) is 11.6 Å². The molecule has 0 radical (unpaired) electrons. The lowest BCUT2D eigenvalue weighted by Crippen LogP contribution is -2.03. The van der Waals surface area contributed by atoms with Crippen LogP contribution in [-0.4, -0.2) is 5.97 Å². The van der Waals surface area contributed by atoms with Gasteiger partial charge < -0.3 is 10.5 Å². The van der Waals surface area contributed by atoms with Crippen molar-refractivity contribution in [2.24, 2.45) is 0 Å². The summed E-state index contributed by atoms with van der Waals surface area (Å²) in [5, 5.41) is 0. The number of nitrogen functional groups attached to an aromatic ring is 1. The van der Waals surface area contributed by atoms with Crippen molar-refractivity contribution in [3.05, 3.63) is 23.8 Å². The van der Waals surface area contributed by atoms with Crippen molar-refractivity contribution in [2.75, 3.05) is 5.73 Å². The third kappa shape index (κ3) is 2.14. The lowest BCUT2D eigenvalue weighted by molar-refractivity contribution is -0.131. The third-order valence-electron chi connectivity index (χ3n) is 1.31. The molecular weight excluding hydrogens is 180 g/mol. The molecule has 0 fully saturated rings. The number of hydrogen-bond donors (Lipinski definition) is 1. The number of nitrogens with two attached hydrogens (primary N) is 1. The molecule has 0 heterocycles. The molecular formula is C8H7F2NO2. The summed E-state index contributed by atoms with van der Waals surface area (Å²) < 4.78 is 29.9. The average molecular weight is 187 g/mol. The maximum atomic E-state index is 12.7. The van der Waals surface area contributed by atoms with Crippen LogP contribution in [0.4, 0.5) is 14.5 Å². The standard InChI is InChI=1S/C8H7F2NO2/c1-4(12)13-5-2-6(9)8(11)7(10)3-5/h2-3H,11H2,1H3. The number of ether oxygens (including phenoxy) is 1. The molecule has 0 saturated carbocycles. The molecule has 0 aromatic heterocycles. The quantitative estimate of drug-likeness (QED) is 0.411. The fourth-order valence-corrected chi connectivity index (χ4v) is 0.786. The Labute approximate surface area is 73.1 Å². The Morgan fingerprint density at radius 3 is 2.23 bits per heavy atom. The topological polar surface area (TPSA) is 52.3 Å². The fourth-order valence-electron chi connectivity index (χ4n) is 0.786. The summed E-state index contributed by atoms with van der Waals surface area (Å²) in [7, 11) is 0. The van der Waals surface area contributed by atoms with Crippen LogP contribution in [0.3, 0.4) is 0 Å². The highest BCUT2D eigenvalue weighted by atomic mass is 19.1. The van der Waals surface area contributed by atoms with Gasteiger partial charge in [0.15, 0.2) is 11.6 Å². The highest BCUT2D eigenvalue weighted by Crippen LogP contribution is 2.22. The van der Waals surface area contributed by atoms with Gasteiger partial charge in [-0.15, -0.1) is 0 Å². The number of benzene rings is 1. The second-order valence-corrected chi connectivity index (χ2v) is 2.39. The van der Waals surface area contributed by atoms with Gasteiger partial charge in [0.2, 0.25) is 0 Å². The highest BCUT2D eigenvalue weighted by Gasteiger charge is 2.09. The van der Waals surface area contributed by atoms with Crippen molar-refractivity contribution in [1.82, 2.24) is 0 Å². The normalized spacial score (nSPS) is 9.77. The molecule has 1 aromatic carbocycles. The first kappa shape index (κ1) is 9.44. The van der Waals surface area contributed by atoms with E-state index < -0.39 is 23.3 Å². The summed E-state index contributed by atoms with van der Waals surface area (Å²) in [5.41, 5.74) is 4.40. The van der Waals surface area contributed by atoms with Gasteiger partial charge in [0.25, 0.3) is 0 Å². The van der Waals surface area contributed by atoms with Crippen LogP contribution in [0.15, 0.2) is 12.1 Å². The van der Waals surface area contributed by atoms with E-state index in [9.17, 15) is 13.6 Å². The van der Waals surface area contributed by atoms with Crippen LogP contribution in [0.25, 0.3) is 0 Å². The minimum Gasteiger partial charge on any atom is -0.427 e. The summed E-state index contributed by atoms with van der Waals surface area (Å²) in [6.07, 6.45) is 0. The van der Waals surface area contributed by atoms with Crippen molar-refractivity contribution in [1.29, 1.82) is 0 Å². The number of rotatable bonds is 1. The molecule has 1 aromatic rings. The number of carbonyl (C=O) groups is 1. The van der Waals surface area contributed by atoms with Gasteiger partial charge in [-0.1, -0.05) is 0 Å². The number of hydrogen-bond acceptors (Lipinski definition) is 3. The smallest absolute Gasteiger partial charge is 0.308 e. The fraction of sp³-hybridized carbons (Fsp3) is 0.125. The first-order chi connectivity index (χ1) is 6.00. The van der Waals surface area contributed by atoms with Crippen LogP contribution in [0.1, 0.15) is 6.92 Å². The van der Waals surface area contributed by atoms with E-state index >= 15 is 0 Å². The number of carbonyl (C=O) groups excluding carboxylic acids is 1. The average Bonchev–Trinajstić information content (AvgIpc) is 1.98. The van der Waals surface area contributed by atoms with Gasteiger partial charge >= 0.3 is 5.97 Å². The lowest BCUT2D eigenvalue weighted by Gasteiger charge is -2.03. The van der Waals surface area contributed by atoms with Gasteiger partial charge in [-0.25, -0.2) is 8.78 Å². The molecule has 3 nitrogen and oxygen atoms in total. The Bertz CT molecular complexity index is 329. The monoisotopic (exact) mass is 187 g/mol. The van der Waals surface area contributed by atoms with Crippen LogP contribution < -0.4 is 10.5 Å². The molecule has 0 saturated heterocycles. The van der Waals surface area contributed by atoms with Gasteiger partial charge in [0, 0.05) is 19.1 Å². The van der Waals surface area contributed by atoms with Crippen molar-refractivity contribution in [2.45, 2.75) is 6.92 Å². The Balaban J connectivity index is 3.06. The van der Waals surface area contributed by atoms with Gasteiger partial charge in [0.1, 0.15) is 11.4 Å². The van der Waals surface area contributed by atoms with Gasteiger partial charge in [-0.3, -0.25) is 4.79 Å². The zero-order valence-corrected chi connectivity index (χ0v) is 6.80. The number of esters is 1. The molecule has 0 bridgehead atoms. The zero-order chi connectivity index (χ0) is 10.0. The maximum Gasteiger partial charge on any atom is 0.308 e. The lowest BCUT2D eigenvalue weighted by atomic mass is 10.3. The predicted octanol–water partition coefficient (Wildman–Crippen LogP) is 1.47. The van der Waals surface area contributed by atoms with E-state index in [2.05, 4.69) is 4.74 Å². The Kier molecular flexibility index (Phi) is 2.46. The van der Waals surface area contributed by atoms with Gasteiger partial charge in [-0.05, 0) is 0 Å². The molecule has 70 valence electrons. The molecule has 0 aliphatic rings. The summed E-state index contributed by atoms with van der Waals surface area (Å²) in [5.74, 6) is -2.74. The Hall–Kier alpha value is -1.65. The summed E-state index contributed by atoms with van der Waals surface area (Å²) in [6.45, 7) is 1.13. The first-order valence-electron chi connectivity index (χ1n) is 3.43. The Morgan fingerprint density at radius 2 is 1.85 bits per heavy atom. The van der Waals surface area contributed by atoms with E-state index in [-0.39, 0.29) is 5.75 Å². The molecule has 0 amide bonds. The van der Waals surface area contributed by atoms with E-state index in [0.717, 1.165) is 19.1 Å². The molecule has 0 aliphatic carbocycles. The molecule has 13 heavy (non-hydrogen) atoms.